The van der Waals surface area contributed by atoms with Crippen LogP contribution in [-0.4, -0.2) is 34.3 Å². The summed E-state index contributed by atoms with van der Waals surface area (Å²) >= 11 is 0. The van der Waals surface area contributed by atoms with Gasteiger partial charge in [-0.15, -0.1) is 0 Å². The summed E-state index contributed by atoms with van der Waals surface area (Å²) in [7, 11) is 1.65. The molecule has 0 bridgehead atoms. The van der Waals surface area contributed by atoms with E-state index in [-0.39, 0.29) is 6.10 Å². The average Bonchev–Trinajstić information content (AvgIpc) is 2.33. The fourth-order valence-corrected chi connectivity index (χ4v) is 2.13. The Kier molecular flexibility index (Phi) is 4.28. The van der Waals surface area contributed by atoms with Gasteiger partial charge < -0.3 is 15.2 Å². The van der Waals surface area contributed by atoms with Gasteiger partial charge in [-0.2, -0.15) is 0 Å². The molecule has 1 aromatic heterocycles. The first-order valence-corrected chi connectivity index (χ1v) is 6.02. The summed E-state index contributed by atoms with van der Waals surface area (Å²) in [5, 5.41) is 12.8. The Morgan fingerprint density at radius 3 is 2.82 bits per heavy atom. The molecule has 94 valence electrons. The molecule has 0 saturated heterocycles. The zero-order valence-corrected chi connectivity index (χ0v) is 10.1. The third-order valence-electron chi connectivity index (χ3n) is 3.06. The normalized spacial score (nSPS) is 24.6. The summed E-state index contributed by atoms with van der Waals surface area (Å²) in [4.78, 5) is 8.31. The summed E-state index contributed by atoms with van der Waals surface area (Å²) < 4.78 is 5.04. The minimum atomic E-state index is -0.123. The van der Waals surface area contributed by atoms with E-state index in [0.717, 1.165) is 37.2 Å². The Labute approximate surface area is 101 Å². The maximum absolute atomic E-state index is 9.44. The summed E-state index contributed by atoms with van der Waals surface area (Å²) in [5.74, 6) is 0.841. The Hall–Kier alpha value is -1.20. The molecule has 0 unspecified atom stereocenters. The van der Waals surface area contributed by atoms with Crippen molar-refractivity contribution in [2.45, 2.75) is 44.4 Å². The van der Waals surface area contributed by atoms with Gasteiger partial charge in [-0.05, 0) is 25.7 Å². The van der Waals surface area contributed by atoms with Crippen molar-refractivity contribution >= 4 is 5.82 Å². The van der Waals surface area contributed by atoms with E-state index in [1.54, 1.807) is 13.4 Å². The molecule has 1 heterocycles. The van der Waals surface area contributed by atoms with Crippen LogP contribution in [-0.2, 0) is 11.3 Å². The van der Waals surface area contributed by atoms with Crippen LogP contribution < -0.4 is 5.32 Å². The zero-order valence-electron chi connectivity index (χ0n) is 10.1. The molecule has 5 nitrogen and oxygen atoms in total. The van der Waals surface area contributed by atoms with E-state index in [4.69, 9.17) is 4.74 Å². The molecule has 2 rings (SSSR count). The van der Waals surface area contributed by atoms with Crippen molar-refractivity contribution in [1.82, 2.24) is 9.97 Å². The standard InChI is InChI=1S/C12H19N3O2/c1-17-7-10-6-12(14-8-13-10)15-9-2-4-11(16)5-3-9/h6,8-9,11,16H,2-5,7H2,1H3,(H,13,14,15). The highest BCUT2D eigenvalue weighted by molar-refractivity contribution is 5.35. The van der Waals surface area contributed by atoms with Crippen LogP contribution in [0.3, 0.4) is 0 Å². The van der Waals surface area contributed by atoms with Gasteiger partial charge in [-0.3, -0.25) is 0 Å². The summed E-state index contributed by atoms with van der Waals surface area (Å²) in [5.41, 5.74) is 0.876. The van der Waals surface area contributed by atoms with E-state index in [9.17, 15) is 5.11 Å². The fraction of sp³-hybridized carbons (Fsp3) is 0.667. The van der Waals surface area contributed by atoms with Crippen molar-refractivity contribution in [3.05, 3.63) is 18.1 Å². The number of nitrogens with zero attached hydrogens (tertiary/aromatic N) is 2. The van der Waals surface area contributed by atoms with E-state index in [1.165, 1.54) is 0 Å². The second-order valence-corrected chi connectivity index (χ2v) is 4.48. The number of anilines is 1. The van der Waals surface area contributed by atoms with E-state index >= 15 is 0 Å². The lowest BCUT2D eigenvalue weighted by atomic mass is 9.93. The second kappa shape index (κ2) is 5.93. The maximum Gasteiger partial charge on any atom is 0.129 e. The molecule has 2 N–H and O–H groups in total. The molecular weight excluding hydrogens is 218 g/mol. The Morgan fingerprint density at radius 2 is 2.12 bits per heavy atom. The van der Waals surface area contributed by atoms with Crippen LogP contribution in [0.25, 0.3) is 0 Å². The first kappa shape index (κ1) is 12.3. The largest absolute Gasteiger partial charge is 0.393 e. The summed E-state index contributed by atoms with van der Waals surface area (Å²) in [6.07, 6.45) is 5.15. The van der Waals surface area contributed by atoms with E-state index < -0.39 is 0 Å². The zero-order chi connectivity index (χ0) is 12.1. The summed E-state index contributed by atoms with van der Waals surface area (Å²) in [6.45, 7) is 0.501. The molecule has 1 aromatic rings. The monoisotopic (exact) mass is 237 g/mol. The molecule has 0 aromatic carbocycles. The van der Waals surface area contributed by atoms with Gasteiger partial charge in [0.1, 0.15) is 12.1 Å². The van der Waals surface area contributed by atoms with E-state index in [2.05, 4.69) is 15.3 Å². The number of aliphatic hydroxyl groups is 1. The quantitative estimate of drug-likeness (QED) is 0.827. The predicted molar refractivity (Wildman–Crippen MR) is 64.6 cm³/mol. The van der Waals surface area contributed by atoms with Gasteiger partial charge in [0.15, 0.2) is 0 Å². The highest BCUT2D eigenvalue weighted by atomic mass is 16.5. The topological polar surface area (TPSA) is 67.3 Å². The van der Waals surface area contributed by atoms with Gasteiger partial charge in [0.25, 0.3) is 0 Å². The number of hydrogen-bond acceptors (Lipinski definition) is 5. The lowest BCUT2D eigenvalue weighted by Crippen LogP contribution is -2.28. The summed E-state index contributed by atoms with van der Waals surface area (Å²) in [6, 6.07) is 2.32. The average molecular weight is 237 g/mol. The number of aromatic nitrogens is 2. The molecule has 1 fully saturated rings. The maximum atomic E-state index is 9.44. The van der Waals surface area contributed by atoms with Crippen molar-refractivity contribution in [2.75, 3.05) is 12.4 Å². The number of methoxy groups -OCH3 is 1. The first-order valence-electron chi connectivity index (χ1n) is 6.02. The number of nitrogens with one attached hydrogen (secondary N) is 1. The molecule has 0 aliphatic heterocycles. The Morgan fingerprint density at radius 1 is 1.35 bits per heavy atom. The number of aliphatic hydroxyl groups excluding tert-OH is 1. The minimum Gasteiger partial charge on any atom is -0.393 e. The van der Waals surface area contributed by atoms with Crippen LogP contribution in [0.5, 0.6) is 0 Å². The van der Waals surface area contributed by atoms with Crippen molar-refractivity contribution < 1.29 is 9.84 Å². The lowest BCUT2D eigenvalue weighted by molar-refractivity contribution is 0.126. The lowest BCUT2D eigenvalue weighted by Gasteiger charge is -2.26. The molecule has 0 amide bonds. The molecule has 5 heteroatoms. The van der Waals surface area contributed by atoms with Gasteiger partial charge in [0, 0.05) is 19.2 Å². The molecule has 17 heavy (non-hydrogen) atoms. The molecule has 1 saturated carbocycles. The Balaban J connectivity index is 1.91. The van der Waals surface area contributed by atoms with E-state index in [1.807, 2.05) is 6.07 Å². The van der Waals surface area contributed by atoms with Crippen LogP contribution in [0.1, 0.15) is 31.4 Å². The smallest absolute Gasteiger partial charge is 0.129 e. The van der Waals surface area contributed by atoms with Crippen molar-refractivity contribution in [2.24, 2.45) is 0 Å². The van der Waals surface area contributed by atoms with Crippen molar-refractivity contribution in [3.63, 3.8) is 0 Å². The molecule has 0 atom stereocenters. The molecular formula is C12H19N3O2. The highest BCUT2D eigenvalue weighted by Crippen LogP contribution is 2.21. The predicted octanol–water partition coefficient (Wildman–Crippen LogP) is 1.34. The van der Waals surface area contributed by atoms with Crippen LogP contribution in [0.2, 0.25) is 0 Å². The SMILES string of the molecule is COCc1cc(NC2CCC(O)CC2)ncn1. The fourth-order valence-electron chi connectivity index (χ4n) is 2.13. The van der Waals surface area contributed by atoms with Gasteiger partial charge in [-0.1, -0.05) is 0 Å². The highest BCUT2D eigenvalue weighted by Gasteiger charge is 2.19. The first-order chi connectivity index (χ1) is 8.28. The van der Waals surface area contributed by atoms with Gasteiger partial charge in [0.2, 0.25) is 0 Å². The van der Waals surface area contributed by atoms with Crippen LogP contribution >= 0.6 is 0 Å². The second-order valence-electron chi connectivity index (χ2n) is 4.48. The Bertz CT molecular complexity index is 351. The van der Waals surface area contributed by atoms with Crippen LogP contribution in [0.15, 0.2) is 12.4 Å². The molecule has 0 radical (unpaired) electrons. The molecule has 1 aliphatic rings. The number of ether oxygens (including phenoxy) is 1. The number of hydrogen-bond donors (Lipinski definition) is 2. The van der Waals surface area contributed by atoms with Gasteiger partial charge in [-0.25, -0.2) is 9.97 Å². The number of rotatable bonds is 4. The molecule has 1 aliphatic carbocycles. The van der Waals surface area contributed by atoms with Crippen LogP contribution in [0, 0.1) is 0 Å². The molecule has 0 spiro atoms. The van der Waals surface area contributed by atoms with Crippen LogP contribution in [0.4, 0.5) is 5.82 Å². The van der Waals surface area contributed by atoms with Crippen molar-refractivity contribution in [1.29, 1.82) is 0 Å². The third-order valence-corrected chi connectivity index (χ3v) is 3.06. The van der Waals surface area contributed by atoms with Gasteiger partial charge in [0.05, 0.1) is 18.4 Å². The third kappa shape index (κ3) is 3.64. The van der Waals surface area contributed by atoms with Gasteiger partial charge >= 0.3 is 0 Å². The minimum absolute atomic E-state index is 0.123. The van der Waals surface area contributed by atoms with E-state index in [0.29, 0.717) is 12.6 Å². The van der Waals surface area contributed by atoms with Crippen molar-refractivity contribution in [3.8, 4) is 0 Å².